The maximum atomic E-state index is 8.61. The van der Waals surface area contributed by atoms with Gasteiger partial charge in [-0.1, -0.05) is 0 Å². The maximum absolute atomic E-state index is 8.61. The Bertz CT molecular complexity index is 135. The number of hydrogen-bond donors (Lipinski definition) is 2. The number of nitrogens with zero attached hydrogens (tertiary/aromatic N) is 1. The first-order valence-corrected chi connectivity index (χ1v) is 3.72. The van der Waals surface area contributed by atoms with Crippen molar-refractivity contribution < 1.29 is 10.2 Å². The van der Waals surface area contributed by atoms with Gasteiger partial charge in [-0.25, -0.2) is 0 Å². The van der Waals surface area contributed by atoms with Crippen LogP contribution in [0.15, 0.2) is 4.99 Å². The third-order valence-corrected chi connectivity index (χ3v) is 2.19. The molecule has 1 unspecified atom stereocenters. The number of aliphatic hydroxyl groups is 2. The fraction of sp³-hybridized carbons (Fsp3) is 0.800. The fourth-order valence-electron chi connectivity index (χ4n) is 0.667. The lowest BCUT2D eigenvalue weighted by atomic mass is 10.3. The molecule has 0 radical (unpaired) electrons. The first-order chi connectivity index (χ1) is 4.20. The molecule has 0 saturated carbocycles. The average molecular weight is 147 g/mol. The SMILES string of the molecule is CC1=NC(C(O)O)CS1. The predicted molar refractivity (Wildman–Crippen MR) is 37.6 cm³/mol. The van der Waals surface area contributed by atoms with Gasteiger partial charge in [0.1, 0.15) is 6.04 Å². The number of rotatable bonds is 1. The van der Waals surface area contributed by atoms with E-state index in [9.17, 15) is 0 Å². The van der Waals surface area contributed by atoms with E-state index in [1.54, 1.807) is 11.8 Å². The van der Waals surface area contributed by atoms with Crippen molar-refractivity contribution in [3.05, 3.63) is 0 Å². The van der Waals surface area contributed by atoms with Gasteiger partial charge in [0.05, 0.1) is 5.04 Å². The highest BCUT2D eigenvalue weighted by molar-refractivity contribution is 8.14. The molecule has 0 aliphatic carbocycles. The molecule has 1 rings (SSSR count). The summed E-state index contributed by atoms with van der Waals surface area (Å²) in [5.74, 6) is 0.698. The minimum atomic E-state index is -1.28. The van der Waals surface area contributed by atoms with Gasteiger partial charge in [0.25, 0.3) is 0 Å². The van der Waals surface area contributed by atoms with Crippen LogP contribution in [0.1, 0.15) is 6.92 Å². The van der Waals surface area contributed by atoms with Crippen LogP contribution in [0.5, 0.6) is 0 Å². The van der Waals surface area contributed by atoms with Crippen molar-refractivity contribution in [3.63, 3.8) is 0 Å². The van der Waals surface area contributed by atoms with Crippen LogP contribution < -0.4 is 0 Å². The Morgan fingerprint density at radius 1 is 1.78 bits per heavy atom. The van der Waals surface area contributed by atoms with Crippen molar-refractivity contribution in [2.24, 2.45) is 4.99 Å². The van der Waals surface area contributed by atoms with Crippen molar-refractivity contribution in [1.82, 2.24) is 0 Å². The van der Waals surface area contributed by atoms with Gasteiger partial charge in [-0.05, 0) is 6.92 Å². The molecule has 3 nitrogen and oxygen atoms in total. The van der Waals surface area contributed by atoms with E-state index in [4.69, 9.17) is 10.2 Å². The van der Waals surface area contributed by atoms with Gasteiger partial charge in [0.2, 0.25) is 0 Å². The number of aliphatic hydroxyl groups excluding tert-OH is 1. The van der Waals surface area contributed by atoms with Gasteiger partial charge in [-0.2, -0.15) is 0 Å². The largest absolute Gasteiger partial charge is 0.366 e. The molecule has 0 fully saturated rings. The van der Waals surface area contributed by atoms with Gasteiger partial charge in [-0.15, -0.1) is 11.8 Å². The summed E-state index contributed by atoms with van der Waals surface area (Å²) in [6, 6.07) is -0.296. The molecule has 1 aliphatic rings. The van der Waals surface area contributed by atoms with Crippen molar-refractivity contribution in [3.8, 4) is 0 Å². The van der Waals surface area contributed by atoms with Gasteiger partial charge in [0.15, 0.2) is 6.29 Å². The number of hydrogen-bond acceptors (Lipinski definition) is 4. The Labute approximate surface area is 57.8 Å². The fourth-order valence-corrected chi connectivity index (χ4v) is 1.54. The summed E-state index contributed by atoms with van der Waals surface area (Å²) in [7, 11) is 0. The second-order valence-corrected chi connectivity index (χ2v) is 3.15. The van der Waals surface area contributed by atoms with Gasteiger partial charge in [0, 0.05) is 5.75 Å². The Balaban J connectivity index is 2.47. The standard InChI is InChI=1S/C5H9NO2S/c1-3-6-4(2-9-3)5(7)8/h4-5,7-8H,2H2,1H3. The normalized spacial score (nSPS) is 27.1. The lowest BCUT2D eigenvalue weighted by Crippen LogP contribution is -2.23. The summed E-state index contributed by atoms with van der Waals surface area (Å²) in [6.45, 7) is 1.87. The van der Waals surface area contributed by atoms with E-state index >= 15 is 0 Å². The van der Waals surface area contributed by atoms with Crippen LogP contribution in [0.4, 0.5) is 0 Å². The van der Waals surface area contributed by atoms with Crippen molar-refractivity contribution in [2.45, 2.75) is 19.3 Å². The van der Waals surface area contributed by atoms with Crippen molar-refractivity contribution in [2.75, 3.05) is 5.75 Å². The second-order valence-electron chi connectivity index (χ2n) is 1.94. The zero-order chi connectivity index (χ0) is 6.85. The van der Waals surface area contributed by atoms with Crippen LogP contribution in [0.3, 0.4) is 0 Å². The highest BCUT2D eigenvalue weighted by Crippen LogP contribution is 2.18. The molecule has 1 atom stereocenters. The molecule has 0 saturated heterocycles. The lowest BCUT2D eigenvalue weighted by Gasteiger charge is -2.05. The second kappa shape index (κ2) is 2.68. The Morgan fingerprint density at radius 2 is 2.44 bits per heavy atom. The monoisotopic (exact) mass is 147 g/mol. The molecular formula is C5H9NO2S. The molecule has 0 bridgehead atoms. The van der Waals surface area contributed by atoms with E-state index in [0.29, 0.717) is 5.75 Å². The Kier molecular flexibility index (Phi) is 2.10. The van der Waals surface area contributed by atoms with Crippen LogP contribution in [0.25, 0.3) is 0 Å². The first-order valence-electron chi connectivity index (χ1n) is 2.73. The molecule has 2 N–H and O–H groups in total. The van der Waals surface area contributed by atoms with Crippen LogP contribution >= 0.6 is 11.8 Å². The molecule has 9 heavy (non-hydrogen) atoms. The van der Waals surface area contributed by atoms with Gasteiger partial charge < -0.3 is 10.2 Å². The molecule has 0 aromatic rings. The average Bonchev–Trinajstić information content (AvgIpc) is 2.14. The van der Waals surface area contributed by atoms with Crippen LogP contribution in [-0.2, 0) is 0 Å². The van der Waals surface area contributed by atoms with E-state index in [-0.39, 0.29) is 6.04 Å². The molecule has 1 heterocycles. The van der Waals surface area contributed by atoms with Crippen molar-refractivity contribution >= 4 is 16.8 Å². The molecule has 0 aromatic heterocycles. The van der Waals surface area contributed by atoms with Gasteiger partial charge >= 0.3 is 0 Å². The zero-order valence-corrected chi connectivity index (χ0v) is 5.93. The van der Waals surface area contributed by atoms with E-state index in [2.05, 4.69) is 4.99 Å². The first kappa shape index (κ1) is 7.05. The molecule has 52 valence electrons. The molecule has 4 heteroatoms. The quantitative estimate of drug-likeness (QED) is 0.506. The molecule has 0 spiro atoms. The van der Waals surface area contributed by atoms with Crippen LogP contribution in [0.2, 0.25) is 0 Å². The topological polar surface area (TPSA) is 52.8 Å². The molecule has 1 aliphatic heterocycles. The Hall–Kier alpha value is -0.0600. The lowest BCUT2D eigenvalue weighted by molar-refractivity contribution is -0.0516. The third kappa shape index (κ3) is 1.67. The third-order valence-electron chi connectivity index (χ3n) is 1.15. The summed E-state index contributed by atoms with van der Waals surface area (Å²) in [6.07, 6.45) is -1.28. The maximum Gasteiger partial charge on any atom is 0.175 e. The van der Waals surface area contributed by atoms with E-state index in [1.807, 2.05) is 6.92 Å². The van der Waals surface area contributed by atoms with Gasteiger partial charge in [-0.3, -0.25) is 4.99 Å². The molecule has 0 aromatic carbocycles. The summed E-state index contributed by atoms with van der Waals surface area (Å²) in [5.41, 5.74) is 0. The smallest absolute Gasteiger partial charge is 0.175 e. The minimum absolute atomic E-state index is 0.296. The highest BCUT2D eigenvalue weighted by atomic mass is 32.2. The summed E-state index contributed by atoms with van der Waals surface area (Å²) < 4.78 is 0. The predicted octanol–water partition coefficient (Wildman–Crippen LogP) is -0.169. The van der Waals surface area contributed by atoms with E-state index < -0.39 is 6.29 Å². The number of aliphatic imine (C=N–C) groups is 1. The van der Waals surface area contributed by atoms with Crippen LogP contribution in [0, 0.1) is 0 Å². The number of thioether (sulfide) groups is 1. The summed E-state index contributed by atoms with van der Waals surface area (Å²) in [5, 5.41) is 18.1. The minimum Gasteiger partial charge on any atom is -0.366 e. The van der Waals surface area contributed by atoms with E-state index in [0.717, 1.165) is 5.04 Å². The van der Waals surface area contributed by atoms with Crippen molar-refractivity contribution in [1.29, 1.82) is 0 Å². The summed E-state index contributed by atoms with van der Waals surface area (Å²) in [4.78, 5) is 3.97. The Morgan fingerprint density at radius 3 is 2.67 bits per heavy atom. The molecular weight excluding hydrogens is 138 g/mol. The molecule has 0 amide bonds. The highest BCUT2D eigenvalue weighted by Gasteiger charge is 2.20. The van der Waals surface area contributed by atoms with E-state index in [1.165, 1.54) is 0 Å². The van der Waals surface area contributed by atoms with Crippen LogP contribution in [-0.4, -0.2) is 33.3 Å². The summed E-state index contributed by atoms with van der Waals surface area (Å²) >= 11 is 1.56. The zero-order valence-electron chi connectivity index (χ0n) is 5.11.